The summed E-state index contributed by atoms with van der Waals surface area (Å²) in [5, 5.41) is 0. The van der Waals surface area contributed by atoms with Crippen LogP contribution in [0.25, 0.3) is 11.3 Å². The van der Waals surface area contributed by atoms with E-state index in [9.17, 15) is 0 Å². The van der Waals surface area contributed by atoms with Crippen LogP contribution in [-0.4, -0.2) is 22.6 Å². The summed E-state index contributed by atoms with van der Waals surface area (Å²) >= 11 is 0. The van der Waals surface area contributed by atoms with E-state index in [1.165, 1.54) is 5.56 Å². The van der Waals surface area contributed by atoms with Crippen LogP contribution in [0.15, 0.2) is 24.4 Å². The highest BCUT2D eigenvalue weighted by molar-refractivity contribution is 5.64. The fourth-order valence-corrected chi connectivity index (χ4v) is 2.41. The first kappa shape index (κ1) is 12.1. The van der Waals surface area contributed by atoms with Crippen LogP contribution in [0.2, 0.25) is 0 Å². The number of aromatic nitrogens is 2. The Hall–Kier alpha value is -1.94. The van der Waals surface area contributed by atoms with Gasteiger partial charge in [-0.1, -0.05) is 0 Å². The van der Waals surface area contributed by atoms with Gasteiger partial charge in [-0.3, -0.25) is 4.98 Å². The molecule has 0 fully saturated rings. The fourth-order valence-electron chi connectivity index (χ4n) is 2.41. The second-order valence-electron chi connectivity index (χ2n) is 4.95. The lowest BCUT2D eigenvalue weighted by Crippen LogP contribution is -2.24. The molecule has 3 rings (SSSR count). The first-order chi connectivity index (χ1) is 9.17. The van der Waals surface area contributed by atoms with Gasteiger partial charge in [-0.25, -0.2) is 4.98 Å². The molecule has 1 aromatic carbocycles. The summed E-state index contributed by atoms with van der Waals surface area (Å²) in [6, 6.07) is 6.18. The zero-order valence-electron chi connectivity index (χ0n) is 11.2. The Bertz CT molecular complexity index is 625. The molecule has 2 N–H and O–H groups in total. The second kappa shape index (κ2) is 4.63. The van der Waals surface area contributed by atoms with Gasteiger partial charge in [0.1, 0.15) is 11.9 Å². The summed E-state index contributed by atoms with van der Waals surface area (Å²) in [6.07, 6.45) is 2.77. The summed E-state index contributed by atoms with van der Waals surface area (Å²) in [4.78, 5) is 8.95. The van der Waals surface area contributed by atoms with Crippen LogP contribution in [0, 0.1) is 13.8 Å². The number of ether oxygens (including phenoxy) is 1. The molecule has 1 atom stereocenters. The zero-order valence-corrected chi connectivity index (χ0v) is 11.2. The summed E-state index contributed by atoms with van der Waals surface area (Å²) in [5.41, 5.74) is 10.8. The van der Waals surface area contributed by atoms with Gasteiger partial charge in [0.2, 0.25) is 0 Å². The fraction of sp³-hybridized carbons (Fsp3) is 0.333. The lowest BCUT2D eigenvalue weighted by atomic mass is 10.0. The van der Waals surface area contributed by atoms with E-state index in [1.807, 2.05) is 26.0 Å². The van der Waals surface area contributed by atoms with E-state index in [2.05, 4.69) is 16.0 Å². The summed E-state index contributed by atoms with van der Waals surface area (Å²) in [5.74, 6) is 0.942. The highest BCUT2D eigenvalue weighted by Gasteiger charge is 2.22. The molecule has 4 nitrogen and oxygen atoms in total. The Kier molecular flexibility index (Phi) is 2.95. The molecule has 0 spiro atoms. The van der Waals surface area contributed by atoms with E-state index in [0.717, 1.165) is 34.8 Å². The highest BCUT2D eigenvalue weighted by Crippen LogP contribution is 2.32. The molecular weight excluding hydrogens is 238 g/mol. The Balaban J connectivity index is 2.02. The Labute approximate surface area is 112 Å². The molecule has 98 valence electrons. The van der Waals surface area contributed by atoms with Gasteiger partial charge < -0.3 is 10.5 Å². The number of fused-ring (bicyclic) bond motifs is 1. The van der Waals surface area contributed by atoms with Crippen LogP contribution in [0.3, 0.4) is 0 Å². The van der Waals surface area contributed by atoms with E-state index >= 15 is 0 Å². The number of hydrogen-bond acceptors (Lipinski definition) is 4. The van der Waals surface area contributed by atoms with Crippen molar-refractivity contribution in [2.24, 2.45) is 5.73 Å². The first-order valence-corrected chi connectivity index (χ1v) is 6.47. The van der Waals surface area contributed by atoms with Crippen molar-refractivity contribution in [1.29, 1.82) is 0 Å². The van der Waals surface area contributed by atoms with Crippen LogP contribution in [-0.2, 0) is 6.42 Å². The molecule has 1 aromatic heterocycles. The van der Waals surface area contributed by atoms with Gasteiger partial charge in [0, 0.05) is 24.7 Å². The predicted molar refractivity (Wildman–Crippen MR) is 74.1 cm³/mol. The quantitative estimate of drug-likeness (QED) is 0.892. The van der Waals surface area contributed by atoms with Gasteiger partial charge in [0.05, 0.1) is 17.1 Å². The van der Waals surface area contributed by atoms with Gasteiger partial charge in [-0.05, 0) is 37.6 Å². The minimum absolute atomic E-state index is 0.106. The maximum atomic E-state index is 5.74. The minimum Gasteiger partial charge on any atom is -0.488 e. The van der Waals surface area contributed by atoms with Crippen LogP contribution >= 0.6 is 0 Å². The third kappa shape index (κ3) is 2.19. The lowest BCUT2D eigenvalue weighted by molar-refractivity contribution is 0.241. The van der Waals surface area contributed by atoms with E-state index in [-0.39, 0.29) is 6.10 Å². The molecule has 1 aliphatic heterocycles. The molecule has 0 saturated heterocycles. The van der Waals surface area contributed by atoms with Crippen LogP contribution in [0.4, 0.5) is 0 Å². The maximum Gasteiger partial charge on any atom is 0.123 e. The minimum atomic E-state index is 0.106. The SMILES string of the molecule is Cc1cnc(C)c(-c2ccc3c(c2)CC(CN)O3)n1. The third-order valence-electron chi connectivity index (χ3n) is 3.41. The van der Waals surface area contributed by atoms with Crippen molar-refractivity contribution in [3.05, 3.63) is 41.3 Å². The number of rotatable bonds is 2. The molecule has 0 amide bonds. The number of hydrogen-bond donors (Lipinski definition) is 1. The molecule has 2 aromatic rings. The molecule has 0 aliphatic carbocycles. The van der Waals surface area contributed by atoms with Crippen LogP contribution in [0.5, 0.6) is 5.75 Å². The monoisotopic (exact) mass is 255 g/mol. The number of benzene rings is 1. The summed E-state index contributed by atoms with van der Waals surface area (Å²) < 4.78 is 5.74. The largest absolute Gasteiger partial charge is 0.488 e. The molecule has 2 heterocycles. The van der Waals surface area contributed by atoms with E-state index in [0.29, 0.717) is 6.54 Å². The van der Waals surface area contributed by atoms with Gasteiger partial charge in [-0.15, -0.1) is 0 Å². The van der Waals surface area contributed by atoms with Crippen LogP contribution in [0.1, 0.15) is 17.0 Å². The average molecular weight is 255 g/mol. The van der Waals surface area contributed by atoms with Crippen molar-refractivity contribution < 1.29 is 4.74 Å². The molecular formula is C15H17N3O. The Morgan fingerprint density at radius 1 is 1.37 bits per heavy atom. The average Bonchev–Trinajstić information content (AvgIpc) is 2.83. The Morgan fingerprint density at radius 3 is 3.00 bits per heavy atom. The molecule has 19 heavy (non-hydrogen) atoms. The molecule has 0 saturated carbocycles. The van der Waals surface area contributed by atoms with E-state index in [4.69, 9.17) is 10.5 Å². The normalized spacial score (nSPS) is 17.1. The lowest BCUT2D eigenvalue weighted by Gasteiger charge is -2.07. The number of nitrogens with zero attached hydrogens (tertiary/aromatic N) is 2. The van der Waals surface area contributed by atoms with E-state index in [1.54, 1.807) is 6.20 Å². The maximum absolute atomic E-state index is 5.74. The Morgan fingerprint density at radius 2 is 2.21 bits per heavy atom. The van der Waals surface area contributed by atoms with Crippen molar-refractivity contribution in [3.8, 4) is 17.0 Å². The number of aryl methyl sites for hydroxylation is 2. The van der Waals surface area contributed by atoms with Gasteiger partial charge in [0.15, 0.2) is 0 Å². The molecule has 1 aliphatic rings. The predicted octanol–water partition coefficient (Wildman–Crippen LogP) is 2.02. The van der Waals surface area contributed by atoms with Gasteiger partial charge in [-0.2, -0.15) is 0 Å². The van der Waals surface area contributed by atoms with Crippen molar-refractivity contribution in [1.82, 2.24) is 9.97 Å². The van der Waals surface area contributed by atoms with Crippen molar-refractivity contribution in [3.63, 3.8) is 0 Å². The molecule has 0 radical (unpaired) electrons. The van der Waals surface area contributed by atoms with Crippen molar-refractivity contribution >= 4 is 0 Å². The smallest absolute Gasteiger partial charge is 0.123 e. The van der Waals surface area contributed by atoms with E-state index < -0.39 is 0 Å². The van der Waals surface area contributed by atoms with Crippen molar-refractivity contribution in [2.75, 3.05) is 6.54 Å². The third-order valence-corrected chi connectivity index (χ3v) is 3.41. The topological polar surface area (TPSA) is 61.0 Å². The zero-order chi connectivity index (χ0) is 13.4. The van der Waals surface area contributed by atoms with Crippen LogP contribution < -0.4 is 10.5 Å². The molecule has 1 unspecified atom stereocenters. The highest BCUT2D eigenvalue weighted by atomic mass is 16.5. The van der Waals surface area contributed by atoms with Gasteiger partial charge in [0.25, 0.3) is 0 Å². The summed E-state index contributed by atoms with van der Waals surface area (Å²) in [7, 11) is 0. The second-order valence-corrected chi connectivity index (χ2v) is 4.95. The van der Waals surface area contributed by atoms with Gasteiger partial charge >= 0.3 is 0 Å². The first-order valence-electron chi connectivity index (χ1n) is 6.47. The standard InChI is InChI=1S/C15H17N3O/c1-9-8-17-10(2)15(18-9)11-3-4-14-12(5-11)6-13(7-16)19-14/h3-5,8,13H,6-7,16H2,1-2H3. The summed E-state index contributed by atoms with van der Waals surface area (Å²) in [6.45, 7) is 4.48. The molecule has 0 bridgehead atoms. The van der Waals surface area contributed by atoms with Crippen molar-refractivity contribution in [2.45, 2.75) is 26.4 Å². The number of nitrogens with two attached hydrogens (primary N) is 1. The molecule has 4 heteroatoms.